The molecule has 1 aliphatic rings. The van der Waals surface area contributed by atoms with Gasteiger partial charge in [0.1, 0.15) is 0 Å². The summed E-state index contributed by atoms with van der Waals surface area (Å²) in [4.78, 5) is 0. The predicted octanol–water partition coefficient (Wildman–Crippen LogP) is 10.5. The van der Waals surface area contributed by atoms with Crippen LogP contribution in [-0.2, 0) is 5.41 Å². The van der Waals surface area contributed by atoms with E-state index in [1.165, 1.54) is 39.0 Å². The first-order valence-corrected chi connectivity index (χ1v) is 12.1. The Bertz CT molecular complexity index is 865. The molecule has 0 amide bonds. The van der Waals surface area contributed by atoms with Gasteiger partial charge in [-0.25, -0.2) is 0 Å². The fourth-order valence-corrected chi connectivity index (χ4v) is 4.03. The molecule has 0 radical (unpaired) electrons. The van der Waals surface area contributed by atoms with Gasteiger partial charge in [-0.15, -0.1) is 6.58 Å². The SMILES string of the molecule is C/C=C\CC1(/C(C=C(C)C)=C/C)c2ccccc2-c2ccccc21.C=C(C)C.CC.CC. The van der Waals surface area contributed by atoms with Crippen molar-refractivity contribution in [1.82, 2.24) is 0 Å². The number of allylic oxidation sites excluding steroid dienone is 7. The average molecular weight is 431 g/mol. The number of fused-ring (bicyclic) bond motifs is 3. The van der Waals surface area contributed by atoms with Crippen LogP contribution in [0.3, 0.4) is 0 Å². The quantitative estimate of drug-likeness (QED) is 0.334. The van der Waals surface area contributed by atoms with E-state index in [0.717, 1.165) is 6.42 Å². The van der Waals surface area contributed by atoms with Gasteiger partial charge in [0, 0.05) is 5.41 Å². The van der Waals surface area contributed by atoms with Crippen molar-refractivity contribution in [2.24, 2.45) is 0 Å². The number of hydrogen-bond donors (Lipinski definition) is 0. The van der Waals surface area contributed by atoms with Crippen LogP contribution in [0.5, 0.6) is 0 Å². The minimum Gasteiger partial charge on any atom is -0.100 e. The van der Waals surface area contributed by atoms with Gasteiger partial charge in [0.2, 0.25) is 0 Å². The normalized spacial score (nSPS) is 12.6. The zero-order valence-electron chi connectivity index (χ0n) is 22.3. The van der Waals surface area contributed by atoms with Crippen molar-refractivity contribution < 1.29 is 0 Å². The van der Waals surface area contributed by atoms with Crippen molar-refractivity contribution in [2.45, 2.75) is 81.1 Å². The minimum absolute atomic E-state index is 0.0916. The van der Waals surface area contributed by atoms with E-state index in [1.54, 1.807) is 0 Å². The summed E-state index contributed by atoms with van der Waals surface area (Å²) < 4.78 is 0. The van der Waals surface area contributed by atoms with Gasteiger partial charge in [-0.05, 0) is 75.8 Å². The van der Waals surface area contributed by atoms with E-state index >= 15 is 0 Å². The highest BCUT2D eigenvalue weighted by Crippen LogP contribution is 2.55. The van der Waals surface area contributed by atoms with E-state index in [2.05, 4.69) is 107 Å². The fourth-order valence-electron chi connectivity index (χ4n) is 4.03. The van der Waals surface area contributed by atoms with Crippen LogP contribution in [0.1, 0.15) is 86.8 Å². The minimum atomic E-state index is -0.0916. The molecular formula is C32H46. The van der Waals surface area contributed by atoms with Crippen molar-refractivity contribution >= 4 is 0 Å². The number of benzene rings is 2. The molecule has 3 rings (SSSR count). The van der Waals surface area contributed by atoms with Crippen molar-refractivity contribution in [3.8, 4) is 11.1 Å². The molecule has 0 N–H and O–H groups in total. The van der Waals surface area contributed by atoms with Crippen LogP contribution in [-0.4, -0.2) is 0 Å². The summed E-state index contributed by atoms with van der Waals surface area (Å²) in [6, 6.07) is 17.8. The van der Waals surface area contributed by atoms with Crippen LogP contribution in [0.25, 0.3) is 11.1 Å². The second-order valence-corrected chi connectivity index (χ2v) is 7.94. The Balaban J connectivity index is 0.00000106. The maximum atomic E-state index is 3.56. The molecule has 0 atom stereocenters. The molecule has 0 unspecified atom stereocenters. The summed E-state index contributed by atoms with van der Waals surface area (Å²) >= 11 is 0. The molecule has 0 fully saturated rings. The zero-order valence-corrected chi connectivity index (χ0v) is 22.3. The summed E-state index contributed by atoms with van der Waals surface area (Å²) in [6.45, 7) is 24.1. The third-order valence-corrected chi connectivity index (χ3v) is 4.97. The Kier molecular flexibility index (Phi) is 14.0. The first-order chi connectivity index (χ1) is 15.4. The smallest absolute Gasteiger partial charge is 0.0494 e. The first-order valence-electron chi connectivity index (χ1n) is 12.1. The summed E-state index contributed by atoms with van der Waals surface area (Å²) in [5, 5.41) is 0. The molecule has 0 aromatic heterocycles. The van der Waals surface area contributed by atoms with Gasteiger partial charge in [0.05, 0.1) is 0 Å². The third-order valence-electron chi connectivity index (χ3n) is 4.97. The molecular weight excluding hydrogens is 384 g/mol. The molecule has 0 bridgehead atoms. The van der Waals surface area contributed by atoms with Crippen molar-refractivity contribution in [2.75, 3.05) is 0 Å². The molecule has 0 spiro atoms. The van der Waals surface area contributed by atoms with Gasteiger partial charge in [0.25, 0.3) is 0 Å². The van der Waals surface area contributed by atoms with E-state index in [4.69, 9.17) is 0 Å². The van der Waals surface area contributed by atoms with Crippen molar-refractivity contribution in [3.63, 3.8) is 0 Å². The first kappa shape index (κ1) is 29.4. The highest BCUT2D eigenvalue weighted by molar-refractivity contribution is 5.83. The van der Waals surface area contributed by atoms with Gasteiger partial charge < -0.3 is 0 Å². The largest absolute Gasteiger partial charge is 0.100 e. The molecule has 0 nitrogen and oxygen atoms in total. The number of rotatable bonds is 4. The molecule has 0 heteroatoms. The van der Waals surface area contributed by atoms with Crippen LogP contribution in [0.4, 0.5) is 0 Å². The summed E-state index contributed by atoms with van der Waals surface area (Å²) in [6.07, 6.45) is 10.1. The van der Waals surface area contributed by atoms with Crippen molar-refractivity contribution in [1.29, 1.82) is 0 Å². The fraction of sp³-hybridized carbons (Fsp3) is 0.375. The monoisotopic (exact) mass is 430 g/mol. The number of hydrogen-bond acceptors (Lipinski definition) is 0. The Morgan fingerprint density at radius 2 is 1.19 bits per heavy atom. The van der Waals surface area contributed by atoms with Gasteiger partial charge in [-0.1, -0.05) is 112 Å². The molecule has 0 saturated carbocycles. The maximum absolute atomic E-state index is 3.56. The van der Waals surface area contributed by atoms with Crippen molar-refractivity contribution in [3.05, 3.63) is 107 Å². The molecule has 1 aliphatic carbocycles. The highest BCUT2D eigenvalue weighted by Gasteiger charge is 2.43. The highest BCUT2D eigenvalue weighted by atomic mass is 14.5. The average Bonchev–Trinajstić information content (AvgIpc) is 3.09. The Labute approximate surface area is 199 Å². The van der Waals surface area contributed by atoms with Crippen LogP contribution in [0.2, 0.25) is 0 Å². The lowest BCUT2D eigenvalue weighted by Gasteiger charge is -2.33. The molecule has 0 saturated heterocycles. The van der Waals surface area contributed by atoms with E-state index in [1.807, 2.05) is 41.5 Å². The van der Waals surface area contributed by atoms with Crippen LogP contribution in [0.15, 0.2) is 96.1 Å². The lowest BCUT2D eigenvalue weighted by Crippen LogP contribution is -2.27. The molecule has 0 heterocycles. The van der Waals surface area contributed by atoms with Gasteiger partial charge in [-0.3, -0.25) is 0 Å². The van der Waals surface area contributed by atoms with E-state index in [-0.39, 0.29) is 5.41 Å². The Morgan fingerprint density at radius 1 is 0.781 bits per heavy atom. The van der Waals surface area contributed by atoms with E-state index in [9.17, 15) is 0 Å². The third kappa shape index (κ3) is 6.95. The van der Waals surface area contributed by atoms with Gasteiger partial charge >= 0.3 is 0 Å². The topological polar surface area (TPSA) is 0 Å². The Morgan fingerprint density at radius 3 is 1.53 bits per heavy atom. The predicted molar refractivity (Wildman–Crippen MR) is 148 cm³/mol. The summed E-state index contributed by atoms with van der Waals surface area (Å²) in [5.41, 5.74) is 9.40. The van der Waals surface area contributed by atoms with E-state index in [0.29, 0.717) is 0 Å². The lowest BCUT2D eigenvalue weighted by atomic mass is 9.69. The maximum Gasteiger partial charge on any atom is 0.0494 e. The second-order valence-electron chi connectivity index (χ2n) is 7.94. The van der Waals surface area contributed by atoms with Crippen LogP contribution >= 0.6 is 0 Å². The molecule has 174 valence electrons. The molecule has 2 aromatic rings. The molecule has 0 aliphatic heterocycles. The molecule has 32 heavy (non-hydrogen) atoms. The lowest BCUT2D eigenvalue weighted by molar-refractivity contribution is 0.641. The van der Waals surface area contributed by atoms with Crippen LogP contribution in [0, 0.1) is 0 Å². The van der Waals surface area contributed by atoms with Gasteiger partial charge in [0.15, 0.2) is 0 Å². The summed E-state index contributed by atoms with van der Waals surface area (Å²) in [5.74, 6) is 0. The standard InChI is InChI=1S/C24H26.C4H8.2C2H6/c1-5-7-16-24(19(6-2)17-18(3)4)22-14-10-8-12-20(22)21-13-9-11-15-23(21)24;1-4(2)3;2*1-2/h5-15,17H,16H2,1-4H3;1H2,2-3H3;2*1-2H3/b7-5-,19-6+;;;. The zero-order chi connectivity index (χ0) is 24.7. The Hall–Kier alpha value is -2.60. The second kappa shape index (κ2) is 15.2. The van der Waals surface area contributed by atoms with E-state index < -0.39 is 0 Å². The molecule has 2 aromatic carbocycles. The van der Waals surface area contributed by atoms with Gasteiger partial charge in [-0.2, -0.15) is 0 Å². The summed E-state index contributed by atoms with van der Waals surface area (Å²) in [7, 11) is 0. The van der Waals surface area contributed by atoms with Crippen LogP contribution < -0.4 is 0 Å².